The Bertz CT molecular complexity index is 508. The summed E-state index contributed by atoms with van der Waals surface area (Å²) >= 11 is 0. The van der Waals surface area contributed by atoms with Crippen LogP contribution in [0.25, 0.3) is 0 Å². The molecule has 0 bridgehead atoms. The molecule has 0 aliphatic heterocycles. The summed E-state index contributed by atoms with van der Waals surface area (Å²) in [7, 11) is 5.73. The van der Waals surface area contributed by atoms with Crippen LogP contribution in [-0.4, -0.2) is 38.6 Å². The molecule has 1 N–H and O–H groups in total. The van der Waals surface area contributed by atoms with Gasteiger partial charge in [0.05, 0.1) is 13.2 Å². The molecule has 4 nitrogen and oxygen atoms in total. The van der Waals surface area contributed by atoms with E-state index in [1.54, 1.807) is 7.11 Å². The highest BCUT2D eigenvalue weighted by Gasteiger charge is 2.21. The van der Waals surface area contributed by atoms with Crippen LogP contribution in [0.2, 0.25) is 0 Å². The van der Waals surface area contributed by atoms with Crippen LogP contribution in [0, 0.1) is 5.92 Å². The lowest BCUT2D eigenvalue weighted by Crippen LogP contribution is -2.38. The quantitative estimate of drug-likeness (QED) is 0.822. The van der Waals surface area contributed by atoms with Gasteiger partial charge in [-0.2, -0.15) is 0 Å². The van der Waals surface area contributed by atoms with Gasteiger partial charge in [0.15, 0.2) is 0 Å². The molecule has 0 aromatic heterocycles. The molecule has 0 heterocycles. The fourth-order valence-corrected chi connectivity index (χ4v) is 2.80. The second-order valence-electron chi connectivity index (χ2n) is 5.98. The highest BCUT2D eigenvalue weighted by atomic mass is 16.5. The number of ether oxygens (including phenoxy) is 1. The molecule has 4 heteroatoms. The highest BCUT2D eigenvalue weighted by Crippen LogP contribution is 2.22. The number of hydrogen-bond acceptors (Lipinski definition) is 3. The molecule has 120 valence electrons. The van der Waals surface area contributed by atoms with Crippen molar-refractivity contribution in [3.05, 3.63) is 42.0 Å². The Morgan fingerprint density at radius 2 is 2.05 bits per heavy atom. The van der Waals surface area contributed by atoms with Crippen molar-refractivity contribution in [2.24, 2.45) is 5.92 Å². The van der Waals surface area contributed by atoms with Gasteiger partial charge in [-0.05, 0) is 51.1 Å². The second-order valence-corrected chi connectivity index (χ2v) is 5.98. The maximum Gasteiger partial charge on any atom is 0.223 e. The van der Waals surface area contributed by atoms with Gasteiger partial charge in [0, 0.05) is 12.5 Å². The van der Waals surface area contributed by atoms with Crippen molar-refractivity contribution >= 4 is 5.91 Å². The van der Waals surface area contributed by atoms with Crippen molar-refractivity contribution in [2.45, 2.75) is 25.3 Å². The maximum absolute atomic E-state index is 12.3. The predicted octanol–water partition coefficient (Wildman–Crippen LogP) is 2.77. The lowest BCUT2D eigenvalue weighted by atomic mass is 9.93. The lowest BCUT2D eigenvalue weighted by molar-refractivity contribution is -0.125. The monoisotopic (exact) mass is 302 g/mol. The van der Waals surface area contributed by atoms with E-state index in [0.717, 1.165) is 25.0 Å². The number of carbonyl (C=O) groups is 1. The zero-order valence-electron chi connectivity index (χ0n) is 13.7. The number of hydrogen-bond donors (Lipinski definition) is 1. The third-order valence-electron chi connectivity index (χ3n) is 4.23. The molecule has 0 fully saturated rings. The molecule has 2 atom stereocenters. The van der Waals surface area contributed by atoms with Gasteiger partial charge in [0.2, 0.25) is 5.91 Å². The SMILES string of the molecule is COc1ccc([C@H](CNC(=O)[C@H]2CC=CCC2)N(C)C)cc1. The summed E-state index contributed by atoms with van der Waals surface area (Å²) in [4.78, 5) is 14.4. The van der Waals surface area contributed by atoms with Crippen LogP contribution in [0.5, 0.6) is 5.75 Å². The topological polar surface area (TPSA) is 41.6 Å². The van der Waals surface area contributed by atoms with Crippen molar-refractivity contribution in [1.29, 1.82) is 0 Å². The number of rotatable bonds is 6. The minimum absolute atomic E-state index is 0.128. The minimum Gasteiger partial charge on any atom is -0.497 e. The van der Waals surface area contributed by atoms with Gasteiger partial charge in [0.25, 0.3) is 0 Å². The maximum atomic E-state index is 12.3. The molecule has 0 saturated heterocycles. The first-order valence-corrected chi connectivity index (χ1v) is 7.85. The van der Waals surface area contributed by atoms with E-state index in [-0.39, 0.29) is 17.9 Å². The van der Waals surface area contributed by atoms with Crippen molar-refractivity contribution in [3.63, 3.8) is 0 Å². The molecule has 0 spiro atoms. The zero-order valence-corrected chi connectivity index (χ0v) is 13.7. The fourth-order valence-electron chi connectivity index (χ4n) is 2.80. The number of methoxy groups -OCH3 is 1. The van der Waals surface area contributed by atoms with E-state index >= 15 is 0 Å². The average Bonchev–Trinajstić information content (AvgIpc) is 2.56. The van der Waals surface area contributed by atoms with E-state index in [0.29, 0.717) is 6.54 Å². The smallest absolute Gasteiger partial charge is 0.223 e. The van der Waals surface area contributed by atoms with Crippen molar-refractivity contribution < 1.29 is 9.53 Å². The Labute approximate surface area is 133 Å². The molecule has 1 aromatic rings. The zero-order chi connectivity index (χ0) is 15.9. The first-order valence-electron chi connectivity index (χ1n) is 7.85. The van der Waals surface area contributed by atoms with E-state index in [2.05, 4.69) is 34.5 Å². The number of allylic oxidation sites excluding steroid dienone is 2. The molecule has 0 saturated carbocycles. The summed E-state index contributed by atoms with van der Waals surface area (Å²) in [5.41, 5.74) is 1.18. The fraction of sp³-hybridized carbons (Fsp3) is 0.500. The van der Waals surface area contributed by atoms with Crippen molar-refractivity contribution in [1.82, 2.24) is 10.2 Å². The summed E-state index contributed by atoms with van der Waals surface area (Å²) in [6.45, 7) is 0.623. The molecule has 1 aliphatic carbocycles. The van der Waals surface area contributed by atoms with Gasteiger partial charge in [-0.25, -0.2) is 0 Å². The van der Waals surface area contributed by atoms with Crippen LogP contribution in [0.1, 0.15) is 30.9 Å². The molecule has 0 radical (unpaired) electrons. The van der Waals surface area contributed by atoms with Gasteiger partial charge >= 0.3 is 0 Å². The summed E-state index contributed by atoms with van der Waals surface area (Å²) in [6.07, 6.45) is 7.09. The average molecular weight is 302 g/mol. The van der Waals surface area contributed by atoms with E-state index < -0.39 is 0 Å². The summed E-state index contributed by atoms with van der Waals surface area (Å²) < 4.78 is 5.20. The van der Waals surface area contributed by atoms with Crippen LogP contribution < -0.4 is 10.1 Å². The normalized spacial score (nSPS) is 19.0. The first kappa shape index (κ1) is 16.6. The first-order chi connectivity index (χ1) is 10.6. The summed E-state index contributed by atoms with van der Waals surface area (Å²) in [5, 5.41) is 3.12. The van der Waals surface area contributed by atoms with Crippen molar-refractivity contribution in [2.75, 3.05) is 27.7 Å². The second kappa shape index (κ2) is 7.99. The molecule has 0 unspecified atom stereocenters. The van der Waals surface area contributed by atoms with Gasteiger partial charge in [-0.3, -0.25) is 4.79 Å². The number of amides is 1. The minimum atomic E-state index is 0.128. The molecular weight excluding hydrogens is 276 g/mol. The van der Waals surface area contributed by atoms with E-state index in [9.17, 15) is 4.79 Å². The summed E-state index contributed by atoms with van der Waals surface area (Å²) in [6, 6.07) is 8.19. The number of carbonyl (C=O) groups excluding carboxylic acids is 1. The van der Waals surface area contributed by atoms with E-state index in [1.807, 2.05) is 26.2 Å². The van der Waals surface area contributed by atoms with Crippen LogP contribution in [-0.2, 0) is 4.79 Å². The molecule has 1 amide bonds. The molecule has 1 aromatic carbocycles. The number of nitrogens with one attached hydrogen (secondary N) is 1. The standard InChI is InChI=1S/C18H26N2O2/c1-20(2)17(14-9-11-16(22-3)12-10-14)13-19-18(21)15-7-5-4-6-8-15/h4-5,9-12,15,17H,6-8,13H2,1-3H3,(H,19,21)/t15-,17-/m0/s1. The van der Waals surface area contributed by atoms with Gasteiger partial charge in [-0.1, -0.05) is 24.3 Å². The third-order valence-corrected chi connectivity index (χ3v) is 4.23. The molecule has 22 heavy (non-hydrogen) atoms. The predicted molar refractivity (Wildman–Crippen MR) is 88.9 cm³/mol. The highest BCUT2D eigenvalue weighted by molar-refractivity contribution is 5.79. The Hall–Kier alpha value is -1.81. The molecule has 2 rings (SSSR count). The Morgan fingerprint density at radius 1 is 1.32 bits per heavy atom. The molecule has 1 aliphatic rings. The van der Waals surface area contributed by atoms with Crippen LogP contribution in [0.15, 0.2) is 36.4 Å². The third kappa shape index (κ3) is 4.34. The Balaban J connectivity index is 1.96. The Kier molecular flexibility index (Phi) is 6.01. The number of likely N-dealkylation sites (N-methyl/N-ethyl adjacent to an activating group) is 1. The molecular formula is C18H26N2O2. The van der Waals surface area contributed by atoms with Crippen LogP contribution >= 0.6 is 0 Å². The van der Waals surface area contributed by atoms with Crippen LogP contribution in [0.4, 0.5) is 0 Å². The van der Waals surface area contributed by atoms with Crippen molar-refractivity contribution in [3.8, 4) is 5.75 Å². The lowest BCUT2D eigenvalue weighted by Gasteiger charge is -2.26. The van der Waals surface area contributed by atoms with E-state index in [4.69, 9.17) is 4.74 Å². The largest absolute Gasteiger partial charge is 0.497 e. The number of nitrogens with zero attached hydrogens (tertiary/aromatic N) is 1. The van der Waals surface area contributed by atoms with Gasteiger partial charge < -0.3 is 15.0 Å². The Morgan fingerprint density at radius 3 is 2.59 bits per heavy atom. The van der Waals surface area contributed by atoms with Gasteiger partial charge in [-0.15, -0.1) is 0 Å². The van der Waals surface area contributed by atoms with Gasteiger partial charge in [0.1, 0.15) is 5.75 Å². The summed E-state index contributed by atoms with van der Waals surface area (Å²) in [5.74, 6) is 1.15. The number of benzene rings is 1. The van der Waals surface area contributed by atoms with Crippen LogP contribution in [0.3, 0.4) is 0 Å². The van der Waals surface area contributed by atoms with E-state index in [1.165, 1.54) is 5.56 Å².